The smallest absolute Gasteiger partial charge is 0.317 e. The number of nitrogens with zero attached hydrogens (tertiary/aromatic N) is 1. The van der Waals surface area contributed by atoms with E-state index in [0.717, 1.165) is 21.9 Å². The monoisotopic (exact) mass is 318 g/mol. The van der Waals surface area contributed by atoms with Crippen LogP contribution in [0, 0.1) is 0 Å². The van der Waals surface area contributed by atoms with Crippen molar-refractivity contribution < 1.29 is 14.3 Å². The molecule has 22 heavy (non-hydrogen) atoms. The van der Waals surface area contributed by atoms with Crippen LogP contribution in [0.25, 0.3) is 0 Å². The number of thiophene rings is 1. The van der Waals surface area contributed by atoms with E-state index in [1.54, 1.807) is 23.3 Å². The molecule has 2 aromatic rings. The lowest BCUT2D eigenvalue weighted by Gasteiger charge is -2.21. The van der Waals surface area contributed by atoms with Crippen molar-refractivity contribution in [3.63, 3.8) is 0 Å². The maximum Gasteiger partial charge on any atom is 0.317 e. The van der Waals surface area contributed by atoms with Crippen molar-refractivity contribution in [3.05, 3.63) is 46.2 Å². The van der Waals surface area contributed by atoms with Gasteiger partial charge in [-0.1, -0.05) is 12.1 Å². The van der Waals surface area contributed by atoms with Crippen LogP contribution in [0.2, 0.25) is 0 Å². The maximum atomic E-state index is 12.1. The van der Waals surface area contributed by atoms with Crippen LogP contribution in [0.15, 0.2) is 35.7 Å². The van der Waals surface area contributed by atoms with Crippen molar-refractivity contribution in [3.8, 4) is 11.5 Å². The molecule has 0 aliphatic carbocycles. The number of carbonyl (C=O) groups is 1. The fraction of sp³-hybridized carbons (Fsp3) is 0.312. The fourth-order valence-electron chi connectivity index (χ4n) is 2.24. The molecule has 5 nitrogen and oxygen atoms in total. The fourth-order valence-corrected chi connectivity index (χ4v) is 2.89. The second kappa shape index (κ2) is 6.70. The minimum Gasteiger partial charge on any atom is -0.486 e. The van der Waals surface area contributed by atoms with E-state index in [9.17, 15) is 4.79 Å². The quantitative estimate of drug-likeness (QED) is 0.943. The van der Waals surface area contributed by atoms with Crippen molar-refractivity contribution in [2.75, 3.05) is 20.3 Å². The lowest BCUT2D eigenvalue weighted by molar-refractivity contribution is 0.171. The van der Waals surface area contributed by atoms with E-state index in [4.69, 9.17) is 9.47 Å². The van der Waals surface area contributed by atoms with Gasteiger partial charge in [0, 0.05) is 18.5 Å². The summed E-state index contributed by atoms with van der Waals surface area (Å²) in [5.41, 5.74) is 1.01. The molecule has 116 valence electrons. The van der Waals surface area contributed by atoms with E-state index < -0.39 is 0 Å². The molecule has 0 atom stereocenters. The average molecular weight is 318 g/mol. The predicted molar refractivity (Wildman–Crippen MR) is 85.5 cm³/mol. The number of amides is 2. The first-order valence-electron chi connectivity index (χ1n) is 7.12. The lowest BCUT2D eigenvalue weighted by atomic mass is 10.2. The molecular formula is C16H18N2O3S. The van der Waals surface area contributed by atoms with E-state index in [0.29, 0.717) is 26.3 Å². The third-order valence-electron chi connectivity index (χ3n) is 3.37. The molecule has 0 spiro atoms. The first-order valence-corrected chi connectivity index (χ1v) is 8.00. The molecule has 1 aliphatic rings. The SMILES string of the molecule is CN(Cc1ccc2c(c1)OCCO2)C(=O)NCc1cccs1. The predicted octanol–water partition coefficient (Wildman–Crippen LogP) is 2.86. The summed E-state index contributed by atoms with van der Waals surface area (Å²) in [7, 11) is 1.78. The minimum absolute atomic E-state index is 0.0942. The van der Waals surface area contributed by atoms with Crippen LogP contribution < -0.4 is 14.8 Å². The van der Waals surface area contributed by atoms with Crippen molar-refractivity contribution in [1.29, 1.82) is 0 Å². The van der Waals surface area contributed by atoms with Gasteiger partial charge >= 0.3 is 6.03 Å². The van der Waals surface area contributed by atoms with E-state index in [1.807, 2.05) is 35.7 Å². The zero-order valence-corrected chi connectivity index (χ0v) is 13.2. The van der Waals surface area contributed by atoms with Crippen molar-refractivity contribution in [2.24, 2.45) is 0 Å². The Labute approximate surface area is 133 Å². The number of rotatable bonds is 4. The Balaban J connectivity index is 1.56. The van der Waals surface area contributed by atoms with E-state index in [1.165, 1.54) is 0 Å². The number of urea groups is 1. The summed E-state index contributed by atoms with van der Waals surface area (Å²) < 4.78 is 11.1. The van der Waals surface area contributed by atoms with Crippen molar-refractivity contribution >= 4 is 17.4 Å². The maximum absolute atomic E-state index is 12.1. The number of fused-ring (bicyclic) bond motifs is 1. The summed E-state index contributed by atoms with van der Waals surface area (Å²) in [6.07, 6.45) is 0. The highest BCUT2D eigenvalue weighted by Crippen LogP contribution is 2.31. The highest BCUT2D eigenvalue weighted by Gasteiger charge is 2.14. The molecule has 0 radical (unpaired) electrons. The topological polar surface area (TPSA) is 50.8 Å². The number of nitrogens with one attached hydrogen (secondary N) is 1. The average Bonchev–Trinajstić information content (AvgIpc) is 3.06. The molecule has 0 saturated heterocycles. The Morgan fingerprint density at radius 1 is 1.27 bits per heavy atom. The van der Waals surface area contributed by atoms with Gasteiger partial charge in [0.2, 0.25) is 0 Å². The number of hydrogen-bond donors (Lipinski definition) is 1. The Bertz CT molecular complexity index is 643. The van der Waals surface area contributed by atoms with Crippen molar-refractivity contribution in [1.82, 2.24) is 10.2 Å². The zero-order chi connectivity index (χ0) is 15.4. The largest absolute Gasteiger partial charge is 0.486 e. The molecule has 1 N–H and O–H groups in total. The summed E-state index contributed by atoms with van der Waals surface area (Å²) in [5, 5.41) is 4.91. The Kier molecular flexibility index (Phi) is 4.48. The molecule has 2 heterocycles. The standard InChI is InChI=1S/C16H18N2O3S/c1-18(16(19)17-10-13-3-2-8-22-13)11-12-4-5-14-15(9-12)21-7-6-20-14/h2-5,8-9H,6-7,10-11H2,1H3,(H,17,19). The third-order valence-corrected chi connectivity index (χ3v) is 4.24. The molecule has 0 saturated carbocycles. The third kappa shape index (κ3) is 3.51. The number of carbonyl (C=O) groups excluding carboxylic acids is 1. The Morgan fingerprint density at radius 2 is 2.09 bits per heavy atom. The molecule has 3 rings (SSSR count). The van der Waals surface area contributed by atoms with Gasteiger partial charge in [0.05, 0.1) is 6.54 Å². The van der Waals surface area contributed by atoms with E-state index >= 15 is 0 Å². The molecule has 1 aliphatic heterocycles. The van der Waals surface area contributed by atoms with E-state index in [-0.39, 0.29) is 6.03 Å². The minimum atomic E-state index is -0.0942. The van der Waals surface area contributed by atoms with Gasteiger partial charge in [0.15, 0.2) is 11.5 Å². The van der Waals surface area contributed by atoms with Crippen LogP contribution in [0.1, 0.15) is 10.4 Å². The van der Waals surface area contributed by atoms with Crippen LogP contribution in [0.4, 0.5) is 4.79 Å². The van der Waals surface area contributed by atoms with Gasteiger partial charge in [-0.3, -0.25) is 0 Å². The van der Waals surface area contributed by atoms with Gasteiger partial charge < -0.3 is 19.7 Å². The Morgan fingerprint density at radius 3 is 2.86 bits per heavy atom. The number of benzene rings is 1. The molecule has 0 unspecified atom stereocenters. The van der Waals surface area contributed by atoms with Gasteiger partial charge in [-0.2, -0.15) is 0 Å². The molecule has 0 fully saturated rings. The second-order valence-corrected chi connectivity index (χ2v) is 6.10. The van der Waals surface area contributed by atoms with Gasteiger partial charge in [-0.15, -0.1) is 11.3 Å². The highest BCUT2D eigenvalue weighted by molar-refractivity contribution is 7.09. The molecule has 6 heteroatoms. The number of hydrogen-bond acceptors (Lipinski definition) is 4. The zero-order valence-electron chi connectivity index (χ0n) is 12.4. The van der Waals surface area contributed by atoms with Crippen LogP contribution in [-0.2, 0) is 13.1 Å². The second-order valence-electron chi connectivity index (χ2n) is 5.07. The van der Waals surface area contributed by atoms with Gasteiger partial charge in [0.25, 0.3) is 0 Å². The van der Waals surface area contributed by atoms with Crippen LogP contribution in [0.3, 0.4) is 0 Å². The summed E-state index contributed by atoms with van der Waals surface area (Å²) in [6.45, 7) is 2.22. The van der Waals surface area contributed by atoms with Crippen molar-refractivity contribution in [2.45, 2.75) is 13.1 Å². The summed E-state index contributed by atoms with van der Waals surface area (Å²) in [5.74, 6) is 1.51. The lowest BCUT2D eigenvalue weighted by Crippen LogP contribution is -2.36. The molecular weight excluding hydrogens is 300 g/mol. The van der Waals surface area contributed by atoms with Crippen LogP contribution >= 0.6 is 11.3 Å². The van der Waals surface area contributed by atoms with Crippen LogP contribution in [-0.4, -0.2) is 31.2 Å². The van der Waals surface area contributed by atoms with Gasteiger partial charge in [-0.25, -0.2) is 4.79 Å². The Hall–Kier alpha value is -2.21. The van der Waals surface area contributed by atoms with Crippen LogP contribution in [0.5, 0.6) is 11.5 Å². The molecule has 1 aromatic carbocycles. The molecule has 2 amide bonds. The van der Waals surface area contributed by atoms with Gasteiger partial charge in [0.1, 0.15) is 13.2 Å². The highest BCUT2D eigenvalue weighted by atomic mass is 32.1. The normalized spacial score (nSPS) is 12.8. The van der Waals surface area contributed by atoms with Gasteiger partial charge in [-0.05, 0) is 29.1 Å². The molecule has 0 bridgehead atoms. The first kappa shape index (κ1) is 14.7. The first-order chi connectivity index (χ1) is 10.7. The molecule has 1 aromatic heterocycles. The summed E-state index contributed by atoms with van der Waals surface area (Å²) in [4.78, 5) is 14.9. The number of ether oxygens (including phenoxy) is 2. The summed E-state index contributed by atoms with van der Waals surface area (Å²) >= 11 is 1.63. The summed E-state index contributed by atoms with van der Waals surface area (Å²) in [6, 6.07) is 9.66. The van der Waals surface area contributed by atoms with E-state index in [2.05, 4.69) is 5.32 Å².